The topological polar surface area (TPSA) is 111 Å². The van der Waals surface area contributed by atoms with Crippen LogP contribution in [0.1, 0.15) is 341 Å². The number of unbranched alkanes of at least 4 members (excludes halogenated alkanes) is 40. The van der Waals surface area contributed by atoms with E-state index in [0.717, 1.165) is 77.0 Å². The molecule has 0 saturated carbocycles. The molecule has 0 aromatic heterocycles. The van der Waals surface area contributed by atoms with E-state index in [1.54, 1.807) is 0 Å². The van der Waals surface area contributed by atoms with Crippen molar-refractivity contribution in [2.75, 3.05) is 47.5 Å². The van der Waals surface area contributed by atoms with E-state index in [2.05, 4.69) is 98.9 Å². The van der Waals surface area contributed by atoms with Gasteiger partial charge in [0.2, 0.25) is 0 Å². The summed E-state index contributed by atoms with van der Waals surface area (Å²) >= 11 is 0. The molecule has 2 atom stereocenters. The van der Waals surface area contributed by atoms with Gasteiger partial charge in [-0.3, -0.25) is 9.59 Å². The van der Waals surface area contributed by atoms with Gasteiger partial charge in [-0.05, 0) is 70.6 Å². The Morgan fingerprint density at radius 1 is 0.352 bits per heavy atom. The molecular weight excluding hydrogens is 1090 g/mol. The fourth-order valence-electron chi connectivity index (χ4n) is 10.8. The molecule has 0 aliphatic heterocycles. The number of quaternary nitrogens is 1. The molecule has 0 bridgehead atoms. The van der Waals surface area contributed by atoms with Gasteiger partial charge < -0.3 is 33.3 Å². The molecule has 0 aliphatic rings. The van der Waals surface area contributed by atoms with Gasteiger partial charge in [0.15, 0.2) is 12.4 Å². The summed E-state index contributed by atoms with van der Waals surface area (Å²) in [7, 11) is 5.94. The summed E-state index contributed by atoms with van der Waals surface area (Å²) in [6.07, 6.45) is 91.1. The number of carboxylic acid groups (broad SMARTS) is 1. The van der Waals surface area contributed by atoms with Crippen molar-refractivity contribution in [3.05, 3.63) is 85.1 Å². The molecule has 0 spiro atoms. The second-order valence-electron chi connectivity index (χ2n) is 26.2. The van der Waals surface area contributed by atoms with Crippen LogP contribution in [0, 0.1) is 0 Å². The van der Waals surface area contributed by atoms with Crippen molar-refractivity contribution >= 4 is 17.9 Å². The molecule has 0 radical (unpaired) electrons. The highest BCUT2D eigenvalue weighted by molar-refractivity contribution is 5.70. The quantitative estimate of drug-likeness (QED) is 0.0195. The maximum atomic E-state index is 13.0. The van der Waals surface area contributed by atoms with Crippen molar-refractivity contribution in [1.29, 1.82) is 0 Å². The normalized spacial score (nSPS) is 13.1. The molecule has 0 amide bonds. The van der Waals surface area contributed by atoms with Crippen molar-refractivity contribution < 1.29 is 42.9 Å². The first-order valence-electron chi connectivity index (χ1n) is 37.2. The van der Waals surface area contributed by atoms with Gasteiger partial charge in [0.25, 0.3) is 0 Å². The molecule has 0 heterocycles. The lowest BCUT2D eigenvalue weighted by molar-refractivity contribution is -0.870. The van der Waals surface area contributed by atoms with Crippen LogP contribution in [0.2, 0.25) is 0 Å². The van der Waals surface area contributed by atoms with Crippen molar-refractivity contribution in [3.8, 4) is 0 Å². The number of carboxylic acids is 1. The Kier molecular flexibility index (Phi) is 66.6. The van der Waals surface area contributed by atoms with Crippen LogP contribution in [0.25, 0.3) is 0 Å². The van der Waals surface area contributed by atoms with Gasteiger partial charge in [0.1, 0.15) is 13.2 Å². The van der Waals surface area contributed by atoms with Gasteiger partial charge in [-0.15, -0.1) is 0 Å². The first kappa shape index (κ1) is 84.5. The number of nitrogens with zero attached hydrogens (tertiary/aromatic N) is 1. The minimum Gasteiger partial charge on any atom is -0.545 e. The fraction of sp³-hybridized carbons (Fsp3) is 0.785. The van der Waals surface area contributed by atoms with Crippen LogP contribution in [0.5, 0.6) is 0 Å². The smallest absolute Gasteiger partial charge is 0.306 e. The number of carbonyl (C=O) groups excluding carboxylic acids is 3. The lowest BCUT2D eigenvalue weighted by Gasteiger charge is -2.26. The van der Waals surface area contributed by atoms with Crippen LogP contribution in [0.4, 0.5) is 0 Å². The molecule has 2 unspecified atom stereocenters. The largest absolute Gasteiger partial charge is 0.545 e. The second-order valence-corrected chi connectivity index (χ2v) is 26.2. The zero-order chi connectivity index (χ0) is 64.0. The summed E-state index contributed by atoms with van der Waals surface area (Å²) in [6.45, 7) is 4.69. The SMILES string of the molecule is CC/C=C\C/C=C\C/C=C\C/C=C\C/C=C\C/C=C\C/C=C\CCCCCCCCCCCCCCCCCCCC(=O)OC(COC(=O)CCCCCCCCCCCCCCCCCCCCCCCCCC)COC(OCC[N+](C)(C)C)C(=O)[O-]. The molecule has 0 saturated heterocycles. The first-order chi connectivity index (χ1) is 43.1. The Morgan fingerprint density at radius 3 is 0.966 bits per heavy atom. The van der Waals surface area contributed by atoms with E-state index < -0.39 is 24.3 Å². The highest BCUT2D eigenvalue weighted by atomic mass is 16.7. The highest BCUT2D eigenvalue weighted by Gasteiger charge is 2.22. The number of aliphatic carboxylic acids is 1. The summed E-state index contributed by atoms with van der Waals surface area (Å²) in [5, 5.41) is 11.8. The van der Waals surface area contributed by atoms with Crippen molar-refractivity contribution in [2.45, 2.75) is 354 Å². The van der Waals surface area contributed by atoms with E-state index in [1.807, 2.05) is 21.1 Å². The molecule has 88 heavy (non-hydrogen) atoms. The zero-order valence-corrected chi connectivity index (χ0v) is 58.3. The maximum absolute atomic E-state index is 13.0. The Labute approximate surface area is 544 Å². The van der Waals surface area contributed by atoms with Gasteiger partial charge in [-0.2, -0.15) is 0 Å². The Morgan fingerprint density at radius 2 is 0.648 bits per heavy atom. The average molecular weight is 1230 g/mol. The van der Waals surface area contributed by atoms with E-state index in [9.17, 15) is 19.5 Å². The van der Waals surface area contributed by atoms with E-state index in [-0.39, 0.29) is 32.2 Å². The third-order valence-corrected chi connectivity index (χ3v) is 16.4. The Balaban J connectivity index is 4.03. The highest BCUT2D eigenvalue weighted by Crippen LogP contribution is 2.19. The Bertz CT molecular complexity index is 1720. The van der Waals surface area contributed by atoms with Crippen LogP contribution < -0.4 is 5.11 Å². The van der Waals surface area contributed by atoms with Gasteiger partial charge in [0.05, 0.1) is 40.3 Å². The van der Waals surface area contributed by atoms with E-state index in [4.69, 9.17) is 18.9 Å². The van der Waals surface area contributed by atoms with Crippen molar-refractivity contribution in [1.82, 2.24) is 0 Å². The van der Waals surface area contributed by atoms with Crippen LogP contribution in [0.3, 0.4) is 0 Å². The minimum absolute atomic E-state index is 0.148. The number of carbonyl (C=O) groups is 3. The molecule has 0 fully saturated rings. The predicted octanol–water partition coefficient (Wildman–Crippen LogP) is 22.1. The van der Waals surface area contributed by atoms with Crippen molar-refractivity contribution in [2.24, 2.45) is 0 Å². The number of esters is 2. The molecule has 0 rings (SSSR count). The van der Waals surface area contributed by atoms with Crippen LogP contribution in [0.15, 0.2) is 85.1 Å². The standard InChI is InChI=1S/C79H141NO8/c1-6-8-10-12-14-16-18-20-22-24-26-28-30-32-33-34-35-36-37-38-39-40-41-42-43-44-45-46-48-50-52-54-56-58-60-62-64-66-68-70-77(82)88-75(74-87-79(78(83)84)85-72-71-80(3,4)5)73-86-76(81)69-67-65-63-61-59-57-55-53-51-49-47-31-29-27-25-23-21-19-17-15-13-11-9-7-2/h8,10,14,16,20,22,26,28,32-33,35-36,38-39,75,79H,6-7,9,11-13,15,17-19,21,23-25,27,29-31,34,37,40-74H2,1-5H3/b10-8-,16-14-,22-20-,28-26-,33-32-,36-35-,39-38-. The molecule has 9 heteroatoms. The molecule has 9 nitrogen and oxygen atoms in total. The molecule has 510 valence electrons. The third-order valence-electron chi connectivity index (χ3n) is 16.4. The summed E-state index contributed by atoms with van der Waals surface area (Å²) in [6, 6.07) is 0. The number of allylic oxidation sites excluding steroid dienone is 14. The lowest BCUT2D eigenvalue weighted by atomic mass is 10.0. The average Bonchev–Trinajstić information content (AvgIpc) is 3.52. The Hall–Kier alpha value is -3.53. The van der Waals surface area contributed by atoms with Gasteiger partial charge in [-0.1, -0.05) is 343 Å². The maximum Gasteiger partial charge on any atom is 0.306 e. The van der Waals surface area contributed by atoms with Gasteiger partial charge >= 0.3 is 11.9 Å². The van der Waals surface area contributed by atoms with Crippen LogP contribution in [-0.4, -0.2) is 82.3 Å². The summed E-state index contributed by atoms with van der Waals surface area (Å²) < 4.78 is 22.8. The first-order valence-corrected chi connectivity index (χ1v) is 37.2. The van der Waals surface area contributed by atoms with Gasteiger partial charge in [0, 0.05) is 12.8 Å². The van der Waals surface area contributed by atoms with E-state index in [0.29, 0.717) is 23.9 Å². The summed E-state index contributed by atoms with van der Waals surface area (Å²) in [5.74, 6) is -2.26. The number of hydrogen-bond donors (Lipinski definition) is 0. The molecule has 0 N–H and O–H groups in total. The summed E-state index contributed by atoms with van der Waals surface area (Å²) in [4.78, 5) is 37.5. The number of likely N-dealkylation sites (N-methyl/N-ethyl adjacent to an activating group) is 1. The predicted molar refractivity (Wildman–Crippen MR) is 375 cm³/mol. The third kappa shape index (κ3) is 69.9. The lowest BCUT2D eigenvalue weighted by Crippen LogP contribution is -2.44. The number of hydrogen-bond acceptors (Lipinski definition) is 8. The van der Waals surface area contributed by atoms with Crippen LogP contribution >= 0.6 is 0 Å². The number of ether oxygens (including phenoxy) is 4. The zero-order valence-electron chi connectivity index (χ0n) is 58.3. The number of rotatable bonds is 69. The van der Waals surface area contributed by atoms with E-state index in [1.165, 1.54) is 231 Å². The molecule has 0 aromatic rings. The van der Waals surface area contributed by atoms with E-state index >= 15 is 0 Å². The fourth-order valence-corrected chi connectivity index (χ4v) is 10.8. The second kappa shape index (κ2) is 69.4. The molecule has 0 aromatic carbocycles. The summed E-state index contributed by atoms with van der Waals surface area (Å²) in [5.41, 5.74) is 0. The van der Waals surface area contributed by atoms with Crippen molar-refractivity contribution in [3.63, 3.8) is 0 Å². The monoisotopic (exact) mass is 1230 g/mol. The van der Waals surface area contributed by atoms with Gasteiger partial charge in [-0.25, -0.2) is 0 Å². The minimum atomic E-state index is -1.62. The van der Waals surface area contributed by atoms with Crippen LogP contribution in [-0.2, 0) is 33.3 Å². The molecular formula is C79H141NO8. The molecule has 0 aliphatic carbocycles.